The maximum Gasteiger partial charge on any atom is 0.335 e. The van der Waals surface area contributed by atoms with Crippen LogP contribution in [0.3, 0.4) is 0 Å². The smallest absolute Gasteiger partial charge is 0.335 e. The average molecular weight is 206 g/mol. The zero-order valence-corrected chi connectivity index (χ0v) is 7.75. The number of methoxy groups -OCH3 is 1. The standard InChI is InChI=1S/C8H14O6/c1-14-5(4-9)2-3-6(10)7(11)8(12)13/h4,6-7,9-11H,2-3H2,1H3,(H,12,13)/b5-4-. The van der Waals surface area contributed by atoms with Gasteiger partial charge in [-0.25, -0.2) is 4.79 Å². The van der Waals surface area contributed by atoms with Gasteiger partial charge in [-0.2, -0.15) is 0 Å². The highest BCUT2D eigenvalue weighted by Gasteiger charge is 2.23. The van der Waals surface area contributed by atoms with Crippen LogP contribution < -0.4 is 0 Å². The molecule has 82 valence electrons. The fourth-order valence-corrected chi connectivity index (χ4v) is 0.832. The second-order valence-corrected chi connectivity index (χ2v) is 2.69. The number of aliphatic hydroxyl groups is 3. The van der Waals surface area contributed by atoms with Gasteiger partial charge >= 0.3 is 5.97 Å². The molecule has 0 saturated carbocycles. The molecule has 0 aliphatic carbocycles. The summed E-state index contributed by atoms with van der Waals surface area (Å²) in [5.41, 5.74) is 0. The van der Waals surface area contributed by atoms with E-state index in [1.54, 1.807) is 0 Å². The Kier molecular flexibility index (Phi) is 5.66. The quantitative estimate of drug-likeness (QED) is 0.441. The summed E-state index contributed by atoms with van der Waals surface area (Å²) in [5, 5.41) is 34.9. The van der Waals surface area contributed by atoms with Crippen LogP contribution in [0.15, 0.2) is 12.0 Å². The van der Waals surface area contributed by atoms with E-state index in [-0.39, 0.29) is 18.6 Å². The summed E-state index contributed by atoms with van der Waals surface area (Å²) in [6, 6.07) is 0. The van der Waals surface area contributed by atoms with Gasteiger partial charge in [0.05, 0.1) is 13.2 Å². The Morgan fingerprint density at radius 1 is 1.50 bits per heavy atom. The van der Waals surface area contributed by atoms with Gasteiger partial charge < -0.3 is 25.2 Å². The number of hydrogen-bond acceptors (Lipinski definition) is 5. The second-order valence-electron chi connectivity index (χ2n) is 2.69. The molecule has 2 atom stereocenters. The van der Waals surface area contributed by atoms with Crippen molar-refractivity contribution in [1.82, 2.24) is 0 Å². The molecule has 6 nitrogen and oxygen atoms in total. The van der Waals surface area contributed by atoms with Crippen LogP contribution >= 0.6 is 0 Å². The molecule has 0 spiro atoms. The Bertz CT molecular complexity index is 212. The average Bonchev–Trinajstić information content (AvgIpc) is 2.17. The molecule has 0 saturated heterocycles. The van der Waals surface area contributed by atoms with E-state index in [0.717, 1.165) is 6.26 Å². The van der Waals surface area contributed by atoms with Gasteiger partial charge in [-0.05, 0) is 6.42 Å². The number of carboxylic acid groups (broad SMARTS) is 1. The molecule has 0 aliphatic heterocycles. The lowest BCUT2D eigenvalue weighted by Gasteiger charge is -2.13. The lowest BCUT2D eigenvalue weighted by atomic mass is 10.1. The van der Waals surface area contributed by atoms with E-state index in [2.05, 4.69) is 4.74 Å². The summed E-state index contributed by atoms with van der Waals surface area (Å²) in [6.45, 7) is 0. The Balaban J connectivity index is 3.95. The first kappa shape index (κ1) is 12.7. The molecule has 14 heavy (non-hydrogen) atoms. The maximum absolute atomic E-state index is 10.2. The van der Waals surface area contributed by atoms with Crippen molar-refractivity contribution in [2.24, 2.45) is 0 Å². The molecule has 0 rings (SSSR count). The third kappa shape index (κ3) is 4.11. The number of aliphatic carboxylic acids is 1. The first-order chi connectivity index (χ1) is 6.52. The molecule has 0 aliphatic rings. The van der Waals surface area contributed by atoms with E-state index in [1.807, 2.05) is 0 Å². The van der Waals surface area contributed by atoms with Crippen LogP contribution in [-0.4, -0.2) is 45.7 Å². The minimum absolute atomic E-state index is 0.00625. The first-order valence-corrected chi connectivity index (χ1v) is 3.99. The van der Waals surface area contributed by atoms with E-state index < -0.39 is 18.2 Å². The summed E-state index contributed by atoms with van der Waals surface area (Å²) in [6.07, 6.45) is -2.32. The van der Waals surface area contributed by atoms with Crippen LogP contribution in [0.2, 0.25) is 0 Å². The Morgan fingerprint density at radius 3 is 2.43 bits per heavy atom. The highest BCUT2D eigenvalue weighted by atomic mass is 16.5. The van der Waals surface area contributed by atoms with Crippen molar-refractivity contribution in [3.05, 3.63) is 12.0 Å². The first-order valence-electron chi connectivity index (χ1n) is 3.99. The van der Waals surface area contributed by atoms with E-state index in [4.69, 9.17) is 20.4 Å². The van der Waals surface area contributed by atoms with Crippen molar-refractivity contribution in [3.63, 3.8) is 0 Å². The van der Waals surface area contributed by atoms with E-state index in [9.17, 15) is 4.79 Å². The maximum atomic E-state index is 10.2. The number of allylic oxidation sites excluding steroid dienone is 1. The summed E-state index contributed by atoms with van der Waals surface area (Å²) in [4.78, 5) is 10.2. The van der Waals surface area contributed by atoms with Crippen LogP contribution in [0.1, 0.15) is 12.8 Å². The molecule has 4 N–H and O–H groups in total. The molecule has 0 aromatic rings. The topological polar surface area (TPSA) is 107 Å². The largest absolute Gasteiger partial charge is 0.512 e. The normalized spacial score (nSPS) is 16.1. The van der Waals surface area contributed by atoms with Gasteiger partial charge in [0.15, 0.2) is 6.10 Å². The van der Waals surface area contributed by atoms with Crippen molar-refractivity contribution >= 4 is 5.97 Å². The van der Waals surface area contributed by atoms with E-state index in [0.29, 0.717) is 0 Å². The fraction of sp³-hybridized carbons (Fsp3) is 0.625. The zero-order chi connectivity index (χ0) is 11.1. The Labute approximate surface area is 81.1 Å². The van der Waals surface area contributed by atoms with Crippen molar-refractivity contribution in [3.8, 4) is 0 Å². The minimum Gasteiger partial charge on any atom is -0.512 e. The molecular weight excluding hydrogens is 192 g/mol. The van der Waals surface area contributed by atoms with Gasteiger partial charge in [0.1, 0.15) is 12.0 Å². The number of aliphatic hydroxyl groups excluding tert-OH is 3. The van der Waals surface area contributed by atoms with Crippen molar-refractivity contribution in [1.29, 1.82) is 0 Å². The number of rotatable bonds is 6. The van der Waals surface area contributed by atoms with Crippen LogP contribution in [0.4, 0.5) is 0 Å². The molecule has 0 amide bonds. The third-order valence-corrected chi connectivity index (χ3v) is 1.71. The molecule has 0 bridgehead atoms. The molecule has 6 heteroatoms. The highest BCUT2D eigenvalue weighted by molar-refractivity contribution is 5.72. The fourth-order valence-electron chi connectivity index (χ4n) is 0.832. The summed E-state index contributed by atoms with van der Waals surface area (Å²) < 4.78 is 4.66. The van der Waals surface area contributed by atoms with Gasteiger partial charge in [0.2, 0.25) is 0 Å². The Hall–Kier alpha value is -1.27. The van der Waals surface area contributed by atoms with Crippen molar-refractivity contribution in [2.75, 3.05) is 7.11 Å². The number of ether oxygens (including phenoxy) is 1. The number of carboxylic acids is 1. The molecule has 0 fully saturated rings. The van der Waals surface area contributed by atoms with Gasteiger partial charge in [-0.1, -0.05) is 0 Å². The Morgan fingerprint density at radius 2 is 2.07 bits per heavy atom. The lowest BCUT2D eigenvalue weighted by molar-refractivity contribution is -0.153. The summed E-state index contributed by atoms with van der Waals surface area (Å²) >= 11 is 0. The number of hydrogen-bond donors (Lipinski definition) is 4. The zero-order valence-electron chi connectivity index (χ0n) is 7.75. The molecule has 2 unspecified atom stereocenters. The molecule has 0 aromatic carbocycles. The lowest BCUT2D eigenvalue weighted by Crippen LogP contribution is -2.33. The van der Waals surface area contributed by atoms with Gasteiger partial charge in [0.25, 0.3) is 0 Å². The van der Waals surface area contributed by atoms with Crippen molar-refractivity contribution in [2.45, 2.75) is 25.0 Å². The van der Waals surface area contributed by atoms with Gasteiger partial charge in [0, 0.05) is 6.42 Å². The van der Waals surface area contributed by atoms with Gasteiger partial charge in [-0.15, -0.1) is 0 Å². The van der Waals surface area contributed by atoms with Crippen molar-refractivity contribution < 1.29 is 30.0 Å². The summed E-state index contributed by atoms with van der Waals surface area (Å²) in [5.74, 6) is -1.27. The van der Waals surface area contributed by atoms with Gasteiger partial charge in [-0.3, -0.25) is 0 Å². The predicted molar refractivity (Wildman–Crippen MR) is 46.6 cm³/mol. The second kappa shape index (κ2) is 6.22. The molecule has 0 radical (unpaired) electrons. The molecular formula is C8H14O6. The molecule has 0 heterocycles. The van der Waals surface area contributed by atoms with E-state index >= 15 is 0 Å². The predicted octanol–water partition coefficient (Wildman–Crippen LogP) is -0.381. The monoisotopic (exact) mass is 206 g/mol. The van der Waals surface area contributed by atoms with Crippen LogP contribution in [0, 0.1) is 0 Å². The summed E-state index contributed by atoms with van der Waals surface area (Å²) in [7, 11) is 1.34. The number of carbonyl (C=O) groups is 1. The van der Waals surface area contributed by atoms with Crippen LogP contribution in [0.5, 0.6) is 0 Å². The molecule has 0 aromatic heterocycles. The SMILES string of the molecule is CO/C(=C\O)CCC(O)C(O)C(=O)O. The van der Waals surface area contributed by atoms with Crippen LogP contribution in [0.25, 0.3) is 0 Å². The van der Waals surface area contributed by atoms with E-state index in [1.165, 1.54) is 7.11 Å². The minimum atomic E-state index is -1.81. The van der Waals surface area contributed by atoms with Crippen LogP contribution in [-0.2, 0) is 9.53 Å². The third-order valence-electron chi connectivity index (χ3n) is 1.71. The highest BCUT2D eigenvalue weighted by Crippen LogP contribution is 2.10.